The number of nitrogens with zero attached hydrogens (tertiary/aromatic N) is 3. The van der Waals surface area contributed by atoms with Crippen LogP contribution in [0.3, 0.4) is 0 Å². The molecular formula is C16H26N4S. The third kappa shape index (κ3) is 3.35. The normalized spacial score (nSPS) is 25.1. The van der Waals surface area contributed by atoms with Gasteiger partial charge in [0.2, 0.25) is 0 Å². The molecule has 4 nitrogen and oxygen atoms in total. The molecule has 116 valence electrons. The van der Waals surface area contributed by atoms with Crippen LogP contribution in [0.5, 0.6) is 0 Å². The molecule has 21 heavy (non-hydrogen) atoms. The summed E-state index contributed by atoms with van der Waals surface area (Å²) in [5.74, 6) is 1.07. The molecule has 0 spiro atoms. The number of hydrogen-bond donors (Lipinski definition) is 1. The molecule has 1 saturated heterocycles. The summed E-state index contributed by atoms with van der Waals surface area (Å²) < 4.78 is 0.834. The summed E-state index contributed by atoms with van der Waals surface area (Å²) in [6.07, 6.45) is 7.26. The molecule has 5 heteroatoms. The van der Waals surface area contributed by atoms with Gasteiger partial charge in [-0.05, 0) is 59.3 Å². The van der Waals surface area contributed by atoms with E-state index in [2.05, 4.69) is 28.9 Å². The van der Waals surface area contributed by atoms with Crippen LogP contribution in [0, 0.1) is 4.64 Å². The second-order valence-electron chi connectivity index (χ2n) is 6.56. The summed E-state index contributed by atoms with van der Waals surface area (Å²) in [5, 5.41) is 0. The molecule has 1 aliphatic heterocycles. The van der Waals surface area contributed by atoms with Gasteiger partial charge in [0, 0.05) is 17.8 Å². The molecular weight excluding hydrogens is 280 g/mol. The fraction of sp³-hybridized carbons (Fsp3) is 0.750. The Labute approximate surface area is 132 Å². The van der Waals surface area contributed by atoms with Gasteiger partial charge in [0.15, 0.2) is 0 Å². The minimum Gasteiger partial charge on any atom is -0.345 e. The van der Waals surface area contributed by atoms with E-state index in [0.29, 0.717) is 6.04 Å². The van der Waals surface area contributed by atoms with Crippen LogP contribution in [0.15, 0.2) is 0 Å². The molecule has 2 aliphatic rings. The first-order valence-corrected chi connectivity index (χ1v) is 8.56. The van der Waals surface area contributed by atoms with E-state index in [1.807, 2.05) is 0 Å². The molecule has 1 aromatic rings. The third-order valence-electron chi connectivity index (χ3n) is 4.86. The summed E-state index contributed by atoms with van der Waals surface area (Å²) in [6, 6.07) is 0.327. The van der Waals surface area contributed by atoms with Gasteiger partial charge in [-0.15, -0.1) is 0 Å². The van der Waals surface area contributed by atoms with Crippen molar-refractivity contribution in [1.82, 2.24) is 19.8 Å². The zero-order chi connectivity index (χ0) is 14.8. The Morgan fingerprint density at radius 1 is 1.10 bits per heavy atom. The number of aromatic amines is 1. The molecule has 0 aromatic carbocycles. The number of rotatable bonds is 1. The lowest BCUT2D eigenvalue weighted by Gasteiger charge is -2.27. The molecule has 0 saturated carbocycles. The summed E-state index contributed by atoms with van der Waals surface area (Å²) in [7, 11) is 4.40. The van der Waals surface area contributed by atoms with E-state index in [4.69, 9.17) is 17.2 Å². The molecule has 1 aromatic heterocycles. The van der Waals surface area contributed by atoms with E-state index in [9.17, 15) is 0 Å². The molecule has 1 N–H and O–H groups in total. The van der Waals surface area contributed by atoms with E-state index in [0.717, 1.165) is 42.9 Å². The number of aromatic nitrogens is 2. The molecule has 0 radical (unpaired) electrons. The van der Waals surface area contributed by atoms with Gasteiger partial charge in [0.05, 0.1) is 6.04 Å². The maximum Gasteiger partial charge on any atom is 0.133 e. The van der Waals surface area contributed by atoms with Gasteiger partial charge in [-0.2, -0.15) is 0 Å². The Balaban J connectivity index is 1.96. The molecule has 1 unspecified atom stereocenters. The van der Waals surface area contributed by atoms with Crippen LogP contribution in [0.2, 0.25) is 0 Å². The Morgan fingerprint density at radius 2 is 1.90 bits per heavy atom. The van der Waals surface area contributed by atoms with Crippen molar-refractivity contribution >= 4 is 12.2 Å². The number of likely N-dealkylation sites (N-methyl/N-ethyl adjacent to an activating group) is 2. The third-order valence-corrected chi connectivity index (χ3v) is 5.20. The number of aryl methyl sites for hydroxylation is 1. The number of H-pyrrole nitrogens is 1. The highest BCUT2D eigenvalue weighted by molar-refractivity contribution is 7.71. The fourth-order valence-corrected chi connectivity index (χ4v) is 3.86. The largest absolute Gasteiger partial charge is 0.345 e. The van der Waals surface area contributed by atoms with Crippen molar-refractivity contribution in [3.8, 4) is 0 Å². The van der Waals surface area contributed by atoms with Crippen molar-refractivity contribution in [2.45, 2.75) is 44.6 Å². The quantitative estimate of drug-likeness (QED) is 0.639. The first-order chi connectivity index (χ1) is 10.1. The van der Waals surface area contributed by atoms with Gasteiger partial charge in [0.1, 0.15) is 10.5 Å². The van der Waals surface area contributed by atoms with E-state index < -0.39 is 0 Å². The standard InChI is InChI=1S/C16H26N4S/c1-19-9-6-10-20(2)14(11-19)15-17-13-8-5-3-4-7-12(13)16(21)18-15/h14H,3-11H2,1-2H3,(H,17,18,21). The Bertz CT molecular complexity index is 554. The zero-order valence-electron chi connectivity index (χ0n) is 13.2. The van der Waals surface area contributed by atoms with Crippen LogP contribution in [0.4, 0.5) is 0 Å². The minimum atomic E-state index is 0.327. The highest BCUT2D eigenvalue weighted by Gasteiger charge is 2.25. The minimum absolute atomic E-state index is 0.327. The van der Waals surface area contributed by atoms with Gasteiger partial charge < -0.3 is 9.88 Å². The van der Waals surface area contributed by atoms with Crippen LogP contribution in [-0.2, 0) is 12.8 Å². The average Bonchev–Trinajstić information content (AvgIpc) is 2.78. The van der Waals surface area contributed by atoms with Crippen LogP contribution in [0.25, 0.3) is 0 Å². The molecule has 0 bridgehead atoms. The van der Waals surface area contributed by atoms with Crippen LogP contribution >= 0.6 is 12.2 Å². The van der Waals surface area contributed by atoms with E-state index in [-0.39, 0.29) is 0 Å². The maximum absolute atomic E-state index is 5.59. The van der Waals surface area contributed by atoms with Gasteiger partial charge in [-0.25, -0.2) is 4.98 Å². The summed E-state index contributed by atoms with van der Waals surface area (Å²) in [6.45, 7) is 3.30. The van der Waals surface area contributed by atoms with E-state index in [1.165, 1.54) is 36.9 Å². The van der Waals surface area contributed by atoms with Crippen LogP contribution in [0.1, 0.15) is 48.8 Å². The number of hydrogen-bond acceptors (Lipinski definition) is 4. The van der Waals surface area contributed by atoms with E-state index >= 15 is 0 Å². The predicted octanol–water partition coefficient (Wildman–Crippen LogP) is 2.72. The first kappa shape index (κ1) is 15.1. The second-order valence-corrected chi connectivity index (χ2v) is 6.94. The topological polar surface area (TPSA) is 35.2 Å². The lowest BCUT2D eigenvalue weighted by atomic mass is 10.1. The molecule has 1 aliphatic carbocycles. The van der Waals surface area contributed by atoms with Crippen molar-refractivity contribution in [1.29, 1.82) is 0 Å². The lowest BCUT2D eigenvalue weighted by molar-refractivity contribution is 0.219. The SMILES string of the molecule is CN1CCCN(C)C(c2nc(=S)c3c([nH]2)CCCCC3)C1. The number of nitrogens with one attached hydrogen (secondary N) is 1. The second kappa shape index (κ2) is 6.55. The lowest BCUT2D eigenvalue weighted by Crippen LogP contribution is -2.32. The van der Waals surface area contributed by atoms with Crippen molar-refractivity contribution in [3.05, 3.63) is 21.7 Å². The number of fused-ring (bicyclic) bond motifs is 1. The average molecular weight is 306 g/mol. The monoisotopic (exact) mass is 306 g/mol. The Kier molecular flexibility index (Phi) is 4.72. The van der Waals surface area contributed by atoms with E-state index in [1.54, 1.807) is 0 Å². The first-order valence-electron chi connectivity index (χ1n) is 8.16. The smallest absolute Gasteiger partial charge is 0.133 e. The molecule has 1 atom stereocenters. The molecule has 3 rings (SSSR count). The van der Waals surface area contributed by atoms with Crippen molar-refractivity contribution in [2.75, 3.05) is 33.7 Å². The summed E-state index contributed by atoms with van der Waals surface area (Å²) in [4.78, 5) is 13.2. The van der Waals surface area contributed by atoms with Gasteiger partial charge >= 0.3 is 0 Å². The highest BCUT2D eigenvalue weighted by atomic mass is 32.1. The highest BCUT2D eigenvalue weighted by Crippen LogP contribution is 2.24. The Hall–Kier alpha value is -0.780. The Morgan fingerprint density at radius 3 is 2.76 bits per heavy atom. The summed E-state index contributed by atoms with van der Waals surface area (Å²) >= 11 is 5.59. The summed E-state index contributed by atoms with van der Waals surface area (Å²) in [5.41, 5.74) is 2.65. The predicted molar refractivity (Wildman–Crippen MR) is 88.2 cm³/mol. The van der Waals surface area contributed by atoms with Gasteiger partial charge in [0.25, 0.3) is 0 Å². The van der Waals surface area contributed by atoms with Crippen molar-refractivity contribution in [3.63, 3.8) is 0 Å². The maximum atomic E-state index is 5.59. The fourth-order valence-electron chi connectivity index (χ4n) is 3.54. The molecule has 2 heterocycles. The van der Waals surface area contributed by atoms with Crippen molar-refractivity contribution in [2.24, 2.45) is 0 Å². The van der Waals surface area contributed by atoms with Gasteiger partial charge in [-0.3, -0.25) is 4.90 Å². The van der Waals surface area contributed by atoms with Crippen molar-refractivity contribution < 1.29 is 0 Å². The molecule has 0 amide bonds. The zero-order valence-corrected chi connectivity index (χ0v) is 14.0. The molecule has 1 fully saturated rings. The van der Waals surface area contributed by atoms with Gasteiger partial charge in [-0.1, -0.05) is 18.6 Å². The van der Waals surface area contributed by atoms with Crippen LogP contribution in [-0.4, -0.2) is 53.5 Å². The van der Waals surface area contributed by atoms with Crippen LogP contribution < -0.4 is 0 Å².